The molecule has 0 radical (unpaired) electrons. The van der Waals surface area contributed by atoms with Crippen LogP contribution < -0.4 is 0 Å². The molecule has 0 bridgehead atoms. The third kappa shape index (κ3) is 3.73. The quantitative estimate of drug-likeness (QED) is 0.484. The molecule has 3 nitrogen and oxygen atoms in total. The van der Waals surface area contributed by atoms with Crippen LogP contribution in [-0.4, -0.2) is 9.97 Å². The van der Waals surface area contributed by atoms with Gasteiger partial charge < -0.3 is 0 Å². The lowest BCUT2D eigenvalue weighted by molar-refractivity contribution is -0.144. The summed E-state index contributed by atoms with van der Waals surface area (Å²) in [5.41, 5.74) is -3.73. The van der Waals surface area contributed by atoms with Crippen LogP contribution in [0.5, 0.6) is 0 Å². The van der Waals surface area contributed by atoms with Crippen LogP contribution in [0.4, 0.5) is 26.3 Å². The van der Waals surface area contributed by atoms with Gasteiger partial charge in [0, 0.05) is 10.4 Å². The summed E-state index contributed by atoms with van der Waals surface area (Å²) in [5, 5.41) is 9.08. The smallest absolute Gasteiger partial charge is 0.231 e. The highest BCUT2D eigenvalue weighted by Gasteiger charge is 2.39. The van der Waals surface area contributed by atoms with Crippen LogP contribution in [0.25, 0.3) is 11.0 Å². The van der Waals surface area contributed by atoms with Gasteiger partial charge in [0.1, 0.15) is 11.6 Å². The highest BCUT2D eigenvalue weighted by atomic mass is 35.5. The number of rotatable bonds is 2. The maximum atomic E-state index is 13.2. The zero-order valence-electron chi connectivity index (χ0n) is 13.6. The Labute approximate surface area is 159 Å². The van der Waals surface area contributed by atoms with E-state index < -0.39 is 40.6 Å². The minimum absolute atomic E-state index is 0.0560. The van der Waals surface area contributed by atoms with Crippen LogP contribution in [0.2, 0.25) is 5.02 Å². The Morgan fingerprint density at radius 3 is 2.18 bits per heavy atom. The Hall–Kier alpha value is -2.86. The fourth-order valence-corrected chi connectivity index (χ4v) is 2.91. The minimum Gasteiger partial charge on any atom is -0.231 e. The second-order valence-electron chi connectivity index (χ2n) is 5.74. The lowest BCUT2D eigenvalue weighted by atomic mass is 9.96. The molecule has 0 aliphatic heterocycles. The van der Waals surface area contributed by atoms with Crippen molar-refractivity contribution < 1.29 is 26.3 Å². The molecule has 0 N–H and O–H groups in total. The predicted molar refractivity (Wildman–Crippen MR) is 88.5 cm³/mol. The second kappa shape index (κ2) is 6.95. The van der Waals surface area contributed by atoms with Crippen molar-refractivity contribution in [2.45, 2.75) is 18.3 Å². The molecule has 28 heavy (non-hydrogen) atoms. The average Bonchev–Trinajstić information content (AvgIpc) is 2.61. The first-order valence-corrected chi connectivity index (χ1v) is 8.00. The van der Waals surface area contributed by atoms with Gasteiger partial charge in [-0.15, -0.1) is 0 Å². The number of hydrogen-bond acceptors (Lipinski definition) is 3. The molecule has 0 aliphatic carbocycles. The standard InChI is InChI=1S/C18H8ClF6N3/c19-13-4-2-1-3-9(13)11(8-26)14-6-5-10-12(17(20,21)22)7-15(18(23,24)25)28-16(10)27-14/h1-7,11H/t11-/m0/s1. The molecule has 0 fully saturated rings. The van der Waals surface area contributed by atoms with Crippen molar-refractivity contribution in [3.8, 4) is 6.07 Å². The normalized spacial score (nSPS) is 13.4. The van der Waals surface area contributed by atoms with Gasteiger partial charge in [0.25, 0.3) is 0 Å². The summed E-state index contributed by atoms with van der Waals surface area (Å²) in [6, 6.07) is 10.2. The van der Waals surface area contributed by atoms with E-state index in [-0.39, 0.29) is 16.8 Å². The molecule has 0 saturated heterocycles. The Morgan fingerprint density at radius 1 is 0.929 bits per heavy atom. The molecule has 0 amide bonds. The van der Waals surface area contributed by atoms with Crippen LogP contribution in [0.1, 0.15) is 28.4 Å². The monoisotopic (exact) mass is 415 g/mol. The van der Waals surface area contributed by atoms with Gasteiger partial charge in [0.2, 0.25) is 0 Å². The topological polar surface area (TPSA) is 49.6 Å². The number of fused-ring (bicyclic) bond motifs is 1. The highest BCUT2D eigenvalue weighted by molar-refractivity contribution is 6.31. The van der Waals surface area contributed by atoms with Crippen molar-refractivity contribution in [2.24, 2.45) is 0 Å². The molecule has 2 aromatic heterocycles. The SMILES string of the molecule is N#C[C@H](c1ccc2c(C(F)(F)F)cc(C(F)(F)F)nc2n1)c1ccccc1Cl. The van der Waals surface area contributed by atoms with E-state index >= 15 is 0 Å². The zero-order chi connectivity index (χ0) is 20.7. The molecule has 10 heteroatoms. The summed E-state index contributed by atoms with van der Waals surface area (Å²) < 4.78 is 78.7. The fraction of sp³-hybridized carbons (Fsp3) is 0.167. The Balaban J connectivity index is 2.26. The second-order valence-corrected chi connectivity index (χ2v) is 6.15. The maximum absolute atomic E-state index is 13.2. The van der Waals surface area contributed by atoms with Crippen molar-refractivity contribution >= 4 is 22.6 Å². The molecule has 0 unspecified atom stereocenters. The van der Waals surface area contributed by atoms with Crippen molar-refractivity contribution in [1.82, 2.24) is 9.97 Å². The van der Waals surface area contributed by atoms with Gasteiger partial charge in [-0.05, 0) is 29.8 Å². The molecule has 3 rings (SSSR count). The van der Waals surface area contributed by atoms with Crippen LogP contribution >= 0.6 is 11.6 Å². The molecular weight excluding hydrogens is 408 g/mol. The molecule has 0 spiro atoms. The first-order chi connectivity index (χ1) is 13.0. The van der Waals surface area contributed by atoms with Gasteiger partial charge in [-0.2, -0.15) is 31.6 Å². The summed E-state index contributed by atoms with van der Waals surface area (Å²) >= 11 is 6.04. The van der Waals surface area contributed by atoms with Gasteiger partial charge in [0.15, 0.2) is 5.65 Å². The summed E-state index contributed by atoms with van der Waals surface area (Å²) in [4.78, 5) is 7.06. The van der Waals surface area contributed by atoms with Gasteiger partial charge in [-0.25, -0.2) is 9.97 Å². The minimum atomic E-state index is -5.09. The van der Waals surface area contributed by atoms with E-state index in [0.29, 0.717) is 5.56 Å². The number of benzene rings is 1. The van der Waals surface area contributed by atoms with Crippen LogP contribution in [0, 0.1) is 11.3 Å². The molecule has 0 aliphatic rings. The number of nitriles is 1. The highest BCUT2D eigenvalue weighted by Crippen LogP contribution is 2.39. The number of nitrogens with zero attached hydrogens (tertiary/aromatic N) is 3. The molecule has 1 aromatic carbocycles. The lowest BCUT2D eigenvalue weighted by Gasteiger charge is -2.15. The average molecular weight is 416 g/mol. The van der Waals surface area contributed by atoms with Crippen LogP contribution in [0.3, 0.4) is 0 Å². The number of hydrogen-bond donors (Lipinski definition) is 0. The molecule has 0 saturated carbocycles. The van der Waals surface area contributed by atoms with Crippen molar-refractivity contribution in [1.29, 1.82) is 5.26 Å². The summed E-state index contributed by atoms with van der Waals surface area (Å²) in [6.45, 7) is 0. The lowest BCUT2D eigenvalue weighted by Crippen LogP contribution is -2.14. The van der Waals surface area contributed by atoms with E-state index in [1.807, 2.05) is 6.07 Å². The van der Waals surface area contributed by atoms with Gasteiger partial charge in [-0.3, -0.25) is 0 Å². The first kappa shape index (κ1) is 19.9. The first-order valence-electron chi connectivity index (χ1n) is 7.62. The summed E-state index contributed by atoms with van der Waals surface area (Å²) in [5.74, 6) is -1.09. The van der Waals surface area contributed by atoms with E-state index in [1.54, 1.807) is 12.1 Å². The van der Waals surface area contributed by atoms with Crippen molar-refractivity contribution in [2.75, 3.05) is 0 Å². The summed E-state index contributed by atoms with van der Waals surface area (Å²) in [7, 11) is 0. The third-order valence-corrected chi connectivity index (χ3v) is 4.28. The number of halogens is 7. The number of aromatic nitrogens is 2. The van der Waals surface area contributed by atoms with E-state index in [2.05, 4.69) is 9.97 Å². The van der Waals surface area contributed by atoms with Crippen molar-refractivity contribution in [3.05, 3.63) is 70.0 Å². The van der Waals surface area contributed by atoms with Crippen LogP contribution in [-0.2, 0) is 12.4 Å². The maximum Gasteiger partial charge on any atom is 0.433 e. The summed E-state index contributed by atoms with van der Waals surface area (Å²) in [6.07, 6.45) is -10.1. The van der Waals surface area contributed by atoms with Gasteiger partial charge >= 0.3 is 12.4 Å². The molecule has 144 valence electrons. The van der Waals surface area contributed by atoms with E-state index in [1.165, 1.54) is 12.1 Å². The van der Waals surface area contributed by atoms with E-state index in [0.717, 1.165) is 12.1 Å². The fourth-order valence-electron chi connectivity index (χ4n) is 2.66. The number of pyridine rings is 2. The molecule has 2 heterocycles. The van der Waals surface area contributed by atoms with Crippen molar-refractivity contribution in [3.63, 3.8) is 0 Å². The molecule has 1 atom stereocenters. The molecule has 3 aromatic rings. The third-order valence-electron chi connectivity index (χ3n) is 3.93. The number of alkyl halides is 6. The van der Waals surface area contributed by atoms with Gasteiger partial charge in [0.05, 0.1) is 17.3 Å². The molecular formula is C18H8ClF6N3. The van der Waals surface area contributed by atoms with Crippen LogP contribution in [0.15, 0.2) is 42.5 Å². The largest absolute Gasteiger partial charge is 0.433 e. The Morgan fingerprint density at radius 2 is 1.61 bits per heavy atom. The van der Waals surface area contributed by atoms with E-state index in [4.69, 9.17) is 11.6 Å². The Bertz CT molecular complexity index is 1090. The Kier molecular flexibility index (Phi) is 4.93. The zero-order valence-corrected chi connectivity index (χ0v) is 14.4. The van der Waals surface area contributed by atoms with E-state index in [9.17, 15) is 31.6 Å². The predicted octanol–water partition coefficient (Wildman–Crippen LogP) is 5.98. The van der Waals surface area contributed by atoms with Gasteiger partial charge in [-0.1, -0.05) is 29.8 Å².